The number of aliphatic hydroxyl groups is 2. The zero-order valence-corrected chi connectivity index (χ0v) is 36.8. The second-order valence-corrected chi connectivity index (χ2v) is 19.5. The van der Waals surface area contributed by atoms with Crippen molar-refractivity contribution in [2.75, 3.05) is 41.3 Å². The van der Waals surface area contributed by atoms with Crippen LogP contribution in [0.1, 0.15) is 165 Å². The van der Waals surface area contributed by atoms with Crippen molar-refractivity contribution in [1.82, 2.24) is 9.80 Å². The summed E-state index contributed by atoms with van der Waals surface area (Å²) in [7, 11) is 8.26. The Hall–Kier alpha value is -2.85. The van der Waals surface area contributed by atoms with Crippen LogP contribution in [0.2, 0.25) is 0 Å². The molecule has 4 unspecified atom stereocenters. The van der Waals surface area contributed by atoms with Crippen LogP contribution in [-0.4, -0.2) is 90.2 Å². The van der Waals surface area contributed by atoms with Gasteiger partial charge in [-0.25, -0.2) is 4.79 Å². The van der Waals surface area contributed by atoms with Crippen molar-refractivity contribution in [3.8, 4) is 11.5 Å². The molecule has 4 aliphatic rings. The SMILES string of the molecule is CN(C)CC(c1ccc(OC(C)(OC(=O)OC(C)(Oc2ccc(C(CN(C)C)C3(O)CCCCC3)cc2)C2CCCCC2)C2CCCCC2)cc1)C1(O)CCCCC1. The number of nitrogens with zero attached hydrogens (tertiary/aromatic N) is 2. The zero-order chi connectivity index (χ0) is 41.4. The van der Waals surface area contributed by atoms with Crippen LogP contribution in [0.5, 0.6) is 11.5 Å². The van der Waals surface area contributed by atoms with Crippen molar-refractivity contribution in [3.63, 3.8) is 0 Å². The van der Waals surface area contributed by atoms with E-state index in [-0.39, 0.29) is 23.7 Å². The summed E-state index contributed by atoms with van der Waals surface area (Å²) in [5.74, 6) is -1.27. The Kier molecular flexibility index (Phi) is 15.2. The zero-order valence-electron chi connectivity index (χ0n) is 36.8. The summed E-state index contributed by atoms with van der Waals surface area (Å²) in [5, 5.41) is 23.6. The van der Waals surface area contributed by atoms with Gasteiger partial charge in [0.1, 0.15) is 11.5 Å². The second-order valence-electron chi connectivity index (χ2n) is 19.5. The van der Waals surface area contributed by atoms with Crippen LogP contribution in [0.15, 0.2) is 48.5 Å². The monoisotopic (exact) mass is 805 g/mol. The Morgan fingerprint density at radius 3 is 1.19 bits per heavy atom. The molecule has 4 fully saturated rings. The van der Waals surface area contributed by atoms with E-state index in [1.165, 1.54) is 12.8 Å². The van der Waals surface area contributed by atoms with Gasteiger partial charge in [0.05, 0.1) is 11.2 Å². The fourth-order valence-electron chi connectivity index (χ4n) is 10.9. The van der Waals surface area contributed by atoms with Gasteiger partial charge in [-0.05, 0) is 115 Å². The molecule has 2 aromatic rings. The minimum absolute atomic E-state index is 0.00130. The summed E-state index contributed by atoms with van der Waals surface area (Å²) in [4.78, 5) is 18.5. The number of carbonyl (C=O) groups excluding carboxylic acids is 1. The molecule has 0 amide bonds. The Morgan fingerprint density at radius 2 is 0.879 bits per heavy atom. The molecule has 4 saturated carbocycles. The molecule has 0 radical (unpaired) electrons. The molecule has 0 bridgehead atoms. The molecule has 4 aliphatic carbocycles. The fourth-order valence-corrected chi connectivity index (χ4v) is 10.9. The lowest BCUT2D eigenvalue weighted by Crippen LogP contribution is -2.50. The predicted molar refractivity (Wildman–Crippen MR) is 230 cm³/mol. The molecule has 0 aliphatic heterocycles. The minimum atomic E-state index is -1.25. The molecular formula is C49H76N2O7. The average molecular weight is 805 g/mol. The number of likely N-dealkylation sites (N-methyl/N-ethyl adjacent to an activating group) is 2. The molecular weight excluding hydrogens is 729 g/mol. The predicted octanol–water partition coefficient (Wildman–Crippen LogP) is 10.6. The molecule has 9 heteroatoms. The van der Waals surface area contributed by atoms with E-state index in [4.69, 9.17) is 18.9 Å². The van der Waals surface area contributed by atoms with E-state index in [9.17, 15) is 15.0 Å². The maximum Gasteiger partial charge on any atom is 0.514 e. The van der Waals surface area contributed by atoms with Gasteiger partial charge in [-0.3, -0.25) is 0 Å². The maximum atomic E-state index is 14.2. The van der Waals surface area contributed by atoms with Crippen molar-refractivity contribution >= 4 is 6.16 Å². The van der Waals surface area contributed by atoms with E-state index >= 15 is 0 Å². The number of benzene rings is 2. The van der Waals surface area contributed by atoms with Gasteiger partial charge in [-0.15, -0.1) is 0 Å². The normalized spacial score (nSPS) is 23.6. The molecule has 2 aromatic carbocycles. The minimum Gasteiger partial charge on any atom is -0.452 e. The van der Waals surface area contributed by atoms with Crippen molar-refractivity contribution < 1.29 is 34.0 Å². The van der Waals surface area contributed by atoms with Crippen LogP contribution < -0.4 is 9.47 Å². The highest BCUT2D eigenvalue weighted by Gasteiger charge is 2.47. The van der Waals surface area contributed by atoms with Crippen molar-refractivity contribution in [3.05, 3.63) is 59.7 Å². The first kappa shape index (κ1) is 44.7. The number of ether oxygens (including phenoxy) is 4. The van der Waals surface area contributed by atoms with Gasteiger partial charge in [0.15, 0.2) is 0 Å². The third-order valence-corrected chi connectivity index (χ3v) is 14.3. The highest BCUT2D eigenvalue weighted by molar-refractivity contribution is 5.61. The van der Waals surface area contributed by atoms with E-state index in [0.717, 1.165) is 140 Å². The van der Waals surface area contributed by atoms with Crippen LogP contribution in [0, 0.1) is 11.8 Å². The number of carbonyl (C=O) groups is 1. The van der Waals surface area contributed by atoms with Gasteiger partial charge in [0, 0.05) is 50.6 Å². The molecule has 324 valence electrons. The quantitative estimate of drug-likeness (QED) is 0.127. The van der Waals surface area contributed by atoms with E-state index in [2.05, 4.69) is 62.3 Å². The van der Waals surface area contributed by atoms with Gasteiger partial charge in [-0.1, -0.05) is 101 Å². The number of rotatable bonds is 16. The summed E-state index contributed by atoms with van der Waals surface area (Å²) in [6, 6.07) is 16.2. The summed E-state index contributed by atoms with van der Waals surface area (Å²) in [5.41, 5.74) is 0.734. The fraction of sp³-hybridized carbons (Fsp3) is 0.735. The van der Waals surface area contributed by atoms with Crippen LogP contribution in [-0.2, 0) is 9.47 Å². The molecule has 58 heavy (non-hydrogen) atoms. The van der Waals surface area contributed by atoms with Crippen molar-refractivity contribution in [2.45, 2.75) is 177 Å². The Labute approximate surface area is 350 Å². The Bertz CT molecular complexity index is 1440. The lowest BCUT2D eigenvalue weighted by Gasteiger charge is -2.42. The van der Waals surface area contributed by atoms with Gasteiger partial charge < -0.3 is 39.0 Å². The molecule has 0 saturated heterocycles. The summed E-state index contributed by atoms with van der Waals surface area (Å²) in [6.45, 7) is 5.30. The Morgan fingerprint density at radius 1 is 0.569 bits per heavy atom. The molecule has 0 heterocycles. The molecule has 9 nitrogen and oxygen atoms in total. The Balaban J connectivity index is 1.20. The average Bonchev–Trinajstić information content (AvgIpc) is 3.21. The van der Waals surface area contributed by atoms with Crippen LogP contribution in [0.3, 0.4) is 0 Å². The highest BCUT2D eigenvalue weighted by atomic mass is 16.8. The van der Waals surface area contributed by atoms with E-state index in [1.807, 2.05) is 38.1 Å². The second kappa shape index (κ2) is 19.7. The van der Waals surface area contributed by atoms with Gasteiger partial charge in [0.25, 0.3) is 11.6 Å². The largest absolute Gasteiger partial charge is 0.514 e. The van der Waals surface area contributed by atoms with E-state index < -0.39 is 28.9 Å². The van der Waals surface area contributed by atoms with Gasteiger partial charge >= 0.3 is 6.16 Å². The molecule has 6 rings (SSSR count). The summed E-state index contributed by atoms with van der Waals surface area (Å²) >= 11 is 0. The van der Waals surface area contributed by atoms with Crippen LogP contribution in [0.4, 0.5) is 4.79 Å². The summed E-state index contributed by atoms with van der Waals surface area (Å²) < 4.78 is 26.2. The first-order valence-electron chi connectivity index (χ1n) is 22.9. The van der Waals surface area contributed by atoms with E-state index in [0.29, 0.717) is 11.5 Å². The lowest BCUT2D eigenvalue weighted by atomic mass is 9.72. The molecule has 4 atom stereocenters. The summed E-state index contributed by atoms with van der Waals surface area (Å²) in [6.07, 6.45) is 19.1. The standard InChI is InChI=1S/C49H76N2O7/c1-46(39-19-11-7-12-20-39,55-41-27-23-37(24-28-41)43(35-50(3)4)48(53)31-15-9-16-32-48)57-45(52)58-47(2,40-21-13-8-14-22-40)56-42-29-25-38(26-30-42)44(36-51(5)6)49(54)33-17-10-18-34-49/h23-30,39-40,43-44,53-54H,7-22,31-36H2,1-6H3. The van der Waals surface area contributed by atoms with Gasteiger partial charge in [0.2, 0.25) is 0 Å². The third kappa shape index (κ3) is 11.3. The third-order valence-electron chi connectivity index (χ3n) is 14.3. The lowest BCUT2D eigenvalue weighted by molar-refractivity contribution is -0.229. The number of hydrogen-bond acceptors (Lipinski definition) is 9. The molecule has 0 aromatic heterocycles. The maximum absolute atomic E-state index is 14.2. The molecule has 2 N–H and O–H groups in total. The highest BCUT2D eigenvalue weighted by Crippen LogP contribution is 2.44. The van der Waals surface area contributed by atoms with Crippen LogP contribution >= 0.6 is 0 Å². The first-order valence-corrected chi connectivity index (χ1v) is 22.9. The smallest absolute Gasteiger partial charge is 0.452 e. The topological polar surface area (TPSA) is 101 Å². The van der Waals surface area contributed by atoms with E-state index in [1.54, 1.807) is 0 Å². The number of hydrogen-bond donors (Lipinski definition) is 2. The van der Waals surface area contributed by atoms with Crippen molar-refractivity contribution in [1.29, 1.82) is 0 Å². The molecule has 0 spiro atoms. The van der Waals surface area contributed by atoms with Crippen molar-refractivity contribution in [2.24, 2.45) is 11.8 Å². The van der Waals surface area contributed by atoms with Gasteiger partial charge in [-0.2, -0.15) is 0 Å². The first-order chi connectivity index (χ1) is 27.7. The van der Waals surface area contributed by atoms with Crippen LogP contribution in [0.25, 0.3) is 0 Å².